The van der Waals surface area contributed by atoms with Gasteiger partial charge in [-0.15, -0.1) is 0 Å². The summed E-state index contributed by atoms with van der Waals surface area (Å²) in [5.41, 5.74) is -2.68. The molecule has 0 radical (unpaired) electrons. The molecule has 0 saturated carbocycles. The average molecular weight is 721 g/mol. The van der Waals surface area contributed by atoms with Crippen molar-refractivity contribution in [3.63, 3.8) is 0 Å². The number of urea groups is 1. The van der Waals surface area contributed by atoms with E-state index in [0.29, 0.717) is 37.0 Å². The molecule has 5 rings (SSSR count). The van der Waals surface area contributed by atoms with Crippen LogP contribution in [0.1, 0.15) is 69.8 Å². The number of hydrogen-bond acceptors (Lipinski definition) is 7. The third kappa shape index (κ3) is 8.71. The zero-order valence-corrected chi connectivity index (χ0v) is 29.5. The smallest absolute Gasteiger partial charge is 0.416 e. The number of rotatable bonds is 6. The van der Waals surface area contributed by atoms with Gasteiger partial charge in [-0.25, -0.2) is 14.0 Å². The fourth-order valence-electron chi connectivity index (χ4n) is 5.98. The van der Waals surface area contributed by atoms with Crippen molar-refractivity contribution < 1.29 is 46.3 Å². The van der Waals surface area contributed by atoms with Crippen molar-refractivity contribution in [3.05, 3.63) is 59.4 Å². The van der Waals surface area contributed by atoms with Gasteiger partial charge >= 0.3 is 18.3 Å². The number of nitrogens with zero attached hydrogens (tertiary/aromatic N) is 4. The van der Waals surface area contributed by atoms with Crippen molar-refractivity contribution in [2.75, 3.05) is 50.0 Å². The monoisotopic (exact) mass is 720 g/mol. The van der Waals surface area contributed by atoms with E-state index >= 15 is 0 Å². The van der Waals surface area contributed by atoms with E-state index in [2.05, 4.69) is 24.5 Å². The lowest BCUT2D eigenvalue weighted by Gasteiger charge is -2.42. The Morgan fingerprint density at radius 3 is 2.08 bits per heavy atom. The van der Waals surface area contributed by atoms with Crippen LogP contribution in [0.15, 0.2) is 42.5 Å². The second-order valence-corrected chi connectivity index (χ2v) is 13.8. The van der Waals surface area contributed by atoms with Crippen molar-refractivity contribution in [2.24, 2.45) is 0 Å². The van der Waals surface area contributed by atoms with Crippen molar-refractivity contribution in [1.29, 1.82) is 0 Å². The van der Waals surface area contributed by atoms with E-state index in [4.69, 9.17) is 4.74 Å². The highest BCUT2D eigenvalue weighted by Crippen LogP contribution is 2.40. The molecular formula is C35H44F4N6O6. The molecule has 6 amide bonds. The largest absolute Gasteiger partial charge is 0.444 e. The van der Waals surface area contributed by atoms with E-state index in [1.807, 2.05) is 0 Å². The van der Waals surface area contributed by atoms with Crippen LogP contribution in [-0.2, 0) is 20.5 Å². The quantitative estimate of drug-likeness (QED) is 0.299. The standard InChI is InChI=1S/C32H36F4N6O6.C3H8/c1-30(2,3)48-29(47)41-17-21(18-41)38-20-6-8-22(9-7-20)42-28(46)39(4)27(45)31(42)11-13-40(14-12-31)25(43)16-37-26(44)23-15-19(32(34,35)36)5-10-24(23)33;1-3-2/h5-10,15,21,38H,11-14,16-18H2,1-4H3,(H,37,44);3H2,1-2H3. The van der Waals surface area contributed by atoms with Gasteiger partial charge in [0.05, 0.1) is 23.7 Å². The molecule has 3 saturated heterocycles. The molecule has 2 aromatic carbocycles. The van der Waals surface area contributed by atoms with E-state index < -0.39 is 64.6 Å². The molecule has 3 heterocycles. The fourth-order valence-corrected chi connectivity index (χ4v) is 5.98. The molecule has 12 nitrogen and oxygen atoms in total. The van der Waals surface area contributed by atoms with Crippen LogP contribution in [0.25, 0.3) is 0 Å². The zero-order chi connectivity index (χ0) is 37.9. The number of imide groups is 1. The van der Waals surface area contributed by atoms with E-state index in [9.17, 15) is 41.5 Å². The zero-order valence-electron chi connectivity index (χ0n) is 29.5. The first-order valence-electron chi connectivity index (χ1n) is 16.7. The second kappa shape index (κ2) is 15.2. The number of benzene rings is 2. The Morgan fingerprint density at radius 2 is 1.53 bits per heavy atom. The van der Waals surface area contributed by atoms with Gasteiger partial charge in [0.15, 0.2) is 0 Å². The highest BCUT2D eigenvalue weighted by molar-refractivity contribution is 6.16. The number of piperidine rings is 1. The normalized spacial score (nSPS) is 17.5. The predicted octanol–water partition coefficient (Wildman–Crippen LogP) is 5.48. The van der Waals surface area contributed by atoms with E-state index in [1.165, 1.54) is 23.3 Å². The van der Waals surface area contributed by atoms with Crippen molar-refractivity contribution >= 4 is 41.2 Å². The Bertz CT molecular complexity index is 1630. The minimum Gasteiger partial charge on any atom is -0.444 e. The molecule has 1 spiro atoms. The molecule has 278 valence electrons. The number of hydrogen-bond donors (Lipinski definition) is 2. The number of likely N-dealkylation sites (N-methyl/N-ethyl adjacent to an activating group) is 1. The number of nitrogens with one attached hydrogen (secondary N) is 2. The average Bonchev–Trinajstić information content (AvgIpc) is 3.21. The number of anilines is 2. The maximum Gasteiger partial charge on any atom is 0.416 e. The van der Waals surface area contributed by atoms with Gasteiger partial charge in [0.25, 0.3) is 11.8 Å². The Kier molecular flexibility index (Phi) is 11.6. The molecule has 2 N–H and O–H groups in total. The van der Waals surface area contributed by atoms with Crippen LogP contribution in [0.4, 0.5) is 38.5 Å². The Morgan fingerprint density at radius 1 is 0.941 bits per heavy atom. The number of carbonyl (C=O) groups is 5. The lowest BCUT2D eigenvalue weighted by molar-refractivity contribution is -0.137. The molecule has 0 unspecified atom stereocenters. The summed E-state index contributed by atoms with van der Waals surface area (Å²) >= 11 is 0. The molecule has 3 aliphatic rings. The number of halogens is 4. The van der Waals surface area contributed by atoms with Gasteiger partial charge in [-0.05, 0) is 76.1 Å². The number of likely N-dealkylation sites (tertiary alicyclic amines) is 2. The molecule has 0 atom stereocenters. The fraction of sp³-hybridized carbons (Fsp3) is 0.514. The van der Waals surface area contributed by atoms with Crippen LogP contribution in [0, 0.1) is 5.82 Å². The number of alkyl halides is 3. The van der Waals surface area contributed by atoms with Crippen molar-refractivity contribution in [2.45, 2.75) is 77.2 Å². The molecule has 0 bridgehead atoms. The van der Waals surface area contributed by atoms with E-state index in [1.54, 1.807) is 49.9 Å². The van der Waals surface area contributed by atoms with Crippen LogP contribution in [0.3, 0.4) is 0 Å². The van der Waals surface area contributed by atoms with Gasteiger partial charge in [0.2, 0.25) is 5.91 Å². The number of ether oxygens (including phenoxy) is 1. The summed E-state index contributed by atoms with van der Waals surface area (Å²) in [6, 6.07) is 7.86. The third-order valence-corrected chi connectivity index (χ3v) is 8.52. The molecule has 16 heteroatoms. The molecule has 0 aromatic heterocycles. The maximum absolute atomic E-state index is 14.1. The first kappa shape index (κ1) is 38.9. The summed E-state index contributed by atoms with van der Waals surface area (Å²) in [5, 5.41) is 5.50. The molecule has 0 aliphatic carbocycles. The SMILES string of the molecule is CCC.CN1C(=O)N(c2ccc(NC3CN(C(=O)OC(C)(C)C)C3)cc2)C2(CCN(C(=O)CNC(=O)c3cc(C(F)(F)F)ccc3F)CC2)C1=O. The Hall–Kier alpha value is -4.89. The lowest BCUT2D eigenvalue weighted by atomic mass is 9.85. The second-order valence-electron chi connectivity index (χ2n) is 13.8. The summed E-state index contributed by atoms with van der Waals surface area (Å²) in [7, 11) is 1.38. The van der Waals surface area contributed by atoms with Gasteiger partial charge in [0.1, 0.15) is 17.0 Å². The third-order valence-electron chi connectivity index (χ3n) is 8.52. The maximum atomic E-state index is 14.1. The molecular weight excluding hydrogens is 676 g/mol. The highest BCUT2D eigenvalue weighted by atomic mass is 19.4. The Balaban J connectivity index is 0.00000188. The van der Waals surface area contributed by atoms with Gasteiger partial charge in [0, 0.05) is 44.6 Å². The Labute approximate surface area is 294 Å². The van der Waals surface area contributed by atoms with Crippen LogP contribution in [-0.4, -0.2) is 101 Å². The van der Waals surface area contributed by atoms with Crippen LogP contribution >= 0.6 is 0 Å². The van der Waals surface area contributed by atoms with E-state index in [0.717, 1.165) is 10.6 Å². The molecule has 3 aliphatic heterocycles. The summed E-state index contributed by atoms with van der Waals surface area (Å²) in [6.45, 7) is 10.1. The molecule has 51 heavy (non-hydrogen) atoms. The van der Waals surface area contributed by atoms with E-state index in [-0.39, 0.29) is 38.1 Å². The van der Waals surface area contributed by atoms with Gasteiger partial charge in [-0.3, -0.25) is 24.2 Å². The molecule has 3 fully saturated rings. The van der Waals surface area contributed by atoms with Crippen LogP contribution in [0.2, 0.25) is 0 Å². The number of carbonyl (C=O) groups excluding carboxylic acids is 5. The van der Waals surface area contributed by atoms with Gasteiger partial charge in [-0.2, -0.15) is 13.2 Å². The lowest BCUT2D eigenvalue weighted by Crippen LogP contribution is -2.58. The summed E-state index contributed by atoms with van der Waals surface area (Å²) in [5.74, 6) is -3.36. The first-order valence-corrected chi connectivity index (χ1v) is 16.7. The van der Waals surface area contributed by atoms with Crippen molar-refractivity contribution in [1.82, 2.24) is 20.0 Å². The predicted molar refractivity (Wildman–Crippen MR) is 181 cm³/mol. The van der Waals surface area contributed by atoms with Gasteiger partial charge < -0.3 is 25.2 Å². The van der Waals surface area contributed by atoms with Crippen molar-refractivity contribution in [3.8, 4) is 0 Å². The van der Waals surface area contributed by atoms with Crippen LogP contribution < -0.4 is 15.5 Å². The minimum atomic E-state index is -4.79. The summed E-state index contributed by atoms with van der Waals surface area (Å²) < 4.78 is 58.6. The summed E-state index contributed by atoms with van der Waals surface area (Å²) in [4.78, 5) is 69.7. The number of amides is 6. The minimum absolute atomic E-state index is 0.00608. The first-order chi connectivity index (χ1) is 23.8. The highest BCUT2D eigenvalue weighted by Gasteiger charge is 2.58. The topological polar surface area (TPSA) is 132 Å². The van der Waals surface area contributed by atoms with Crippen LogP contribution in [0.5, 0.6) is 0 Å². The summed E-state index contributed by atoms with van der Waals surface area (Å²) in [6.07, 6.45) is -3.74. The molecule has 2 aromatic rings. The van der Waals surface area contributed by atoms with Gasteiger partial charge in [-0.1, -0.05) is 20.3 Å².